The smallest absolute Gasteiger partial charge is 0.464 e. The fourth-order valence-electron chi connectivity index (χ4n) is 4.80. The zero-order chi connectivity index (χ0) is 28.6. The van der Waals surface area contributed by atoms with Crippen molar-refractivity contribution < 1.29 is 33.5 Å². The van der Waals surface area contributed by atoms with E-state index in [1.54, 1.807) is 29.2 Å². The molecule has 11 heteroatoms. The molecule has 0 aliphatic carbocycles. The molecular formula is C29H32BN3O7. The van der Waals surface area contributed by atoms with Crippen LogP contribution in [0, 0.1) is 11.3 Å². The summed E-state index contributed by atoms with van der Waals surface area (Å²) in [4.78, 5) is 27.1. The van der Waals surface area contributed by atoms with Crippen molar-refractivity contribution in [3.8, 4) is 6.07 Å². The van der Waals surface area contributed by atoms with Crippen LogP contribution in [-0.2, 0) is 27.1 Å². The van der Waals surface area contributed by atoms with E-state index >= 15 is 0 Å². The number of nitrogens with one attached hydrogen (secondary N) is 1. The summed E-state index contributed by atoms with van der Waals surface area (Å²) in [5, 5.41) is 32.6. The number of para-hydroxylation sites is 1. The number of carbonyl (C=O) groups is 2. The molecule has 4 rings (SSSR count). The first-order chi connectivity index (χ1) is 19.3. The average molecular weight is 545 g/mol. The highest BCUT2D eigenvalue weighted by atomic mass is 16.5. The van der Waals surface area contributed by atoms with Gasteiger partial charge in [-0.3, -0.25) is 4.79 Å². The molecule has 40 heavy (non-hydrogen) atoms. The fraction of sp³-hybridized carbons (Fsp3) is 0.345. The molecule has 1 saturated heterocycles. The lowest BCUT2D eigenvalue weighted by Gasteiger charge is -2.38. The van der Waals surface area contributed by atoms with E-state index in [1.165, 1.54) is 6.26 Å². The average Bonchev–Trinajstić information content (AvgIpc) is 3.34. The minimum absolute atomic E-state index is 0.0346. The highest BCUT2D eigenvalue weighted by Crippen LogP contribution is 2.22. The normalized spacial score (nSPS) is 18.2. The summed E-state index contributed by atoms with van der Waals surface area (Å²) < 4.78 is 16.3. The van der Waals surface area contributed by atoms with E-state index in [1.807, 2.05) is 50.2 Å². The van der Waals surface area contributed by atoms with Crippen molar-refractivity contribution in [2.75, 3.05) is 19.8 Å². The lowest BCUT2D eigenvalue weighted by atomic mass is 9.76. The summed E-state index contributed by atoms with van der Waals surface area (Å²) in [6.45, 7) is 4.67. The first kappa shape index (κ1) is 28.9. The van der Waals surface area contributed by atoms with E-state index < -0.39 is 19.2 Å². The monoisotopic (exact) mass is 545 g/mol. The highest BCUT2D eigenvalue weighted by molar-refractivity contribution is 6.43. The van der Waals surface area contributed by atoms with Crippen LogP contribution in [0.25, 0.3) is 17.0 Å². The minimum atomic E-state index is -1.80. The number of rotatable bonds is 9. The predicted octanol–water partition coefficient (Wildman–Crippen LogP) is 2.87. The van der Waals surface area contributed by atoms with Crippen LogP contribution in [-0.4, -0.2) is 71.9 Å². The quantitative estimate of drug-likeness (QED) is 0.212. The Morgan fingerprint density at radius 3 is 2.67 bits per heavy atom. The van der Waals surface area contributed by atoms with E-state index in [-0.39, 0.29) is 36.6 Å². The number of hydrogen-bond donors (Lipinski definition) is 3. The van der Waals surface area contributed by atoms with E-state index in [9.17, 15) is 24.9 Å². The van der Waals surface area contributed by atoms with Gasteiger partial charge in [0.1, 0.15) is 17.2 Å². The van der Waals surface area contributed by atoms with Gasteiger partial charge in [0.25, 0.3) is 5.91 Å². The maximum absolute atomic E-state index is 13.1. The second kappa shape index (κ2) is 13.3. The van der Waals surface area contributed by atoms with Gasteiger partial charge in [0.05, 0.1) is 44.1 Å². The van der Waals surface area contributed by atoms with Crippen molar-refractivity contribution in [3.05, 3.63) is 77.1 Å². The van der Waals surface area contributed by atoms with Gasteiger partial charge in [0, 0.05) is 11.8 Å². The summed E-state index contributed by atoms with van der Waals surface area (Å²) in [5.74, 6) is -1.33. The van der Waals surface area contributed by atoms with Gasteiger partial charge in [0.15, 0.2) is 0 Å². The van der Waals surface area contributed by atoms with Crippen LogP contribution in [0.15, 0.2) is 64.8 Å². The molecule has 2 aromatic carbocycles. The third-order valence-corrected chi connectivity index (χ3v) is 6.80. The lowest BCUT2D eigenvalue weighted by molar-refractivity contribution is -0.139. The Labute approximate surface area is 232 Å². The number of fused-ring (bicyclic) bond motifs is 1. The highest BCUT2D eigenvalue weighted by Gasteiger charge is 2.31. The topological polar surface area (TPSA) is 145 Å². The predicted molar refractivity (Wildman–Crippen MR) is 149 cm³/mol. The third kappa shape index (κ3) is 7.10. The summed E-state index contributed by atoms with van der Waals surface area (Å²) in [5.41, 5.74) is 2.94. The standard InChI is InChI=1S/C29H32BN3O7/c1-19-16-38-17-20(2)33(19)28(34)23(15-31)13-22-7-5-6-21(12-22)10-11-39-29(35)32-27(30(36)37)14-24-18-40-26-9-4-3-8-25(24)26/h3-9,12-13,18-20,27,36-37H,10-11,14,16-17H2,1-2H3,(H,32,35)/t19-,20-,27?/m1/s1. The number of furan rings is 1. The van der Waals surface area contributed by atoms with Crippen LogP contribution in [0.2, 0.25) is 0 Å². The number of carbonyl (C=O) groups excluding carboxylic acids is 2. The first-order valence-corrected chi connectivity index (χ1v) is 13.1. The van der Waals surface area contributed by atoms with Gasteiger partial charge in [0.2, 0.25) is 0 Å². The summed E-state index contributed by atoms with van der Waals surface area (Å²) in [6.07, 6.45) is 2.82. The second-order valence-corrected chi connectivity index (χ2v) is 9.87. The van der Waals surface area contributed by atoms with Crippen LogP contribution < -0.4 is 5.32 Å². The number of morpholine rings is 1. The fourth-order valence-corrected chi connectivity index (χ4v) is 4.80. The molecule has 3 atom stereocenters. The number of nitriles is 1. The van der Waals surface area contributed by atoms with Crippen LogP contribution in [0.4, 0.5) is 4.79 Å². The Balaban J connectivity index is 1.33. The molecular weight excluding hydrogens is 513 g/mol. The zero-order valence-corrected chi connectivity index (χ0v) is 22.4. The summed E-state index contributed by atoms with van der Waals surface area (Å²) in [7, 11) is -1.80. The van der Waals surface area contributed by atoms with E-state index in [2.05, 4.69) is 5.32 Å². The zero-order valence-electron chi connectivity index (χ0n) is 22.4. The molecule has 10 nitrogen and oxygen atoms in total. The van der Waals surface area contributed by atoms with E-state index in [0.29, 0.717) is 30.8 Å². The van der Waals surface area contributed by atoms with Gasteiger partial charge in [-0.2, -0.15) is 5.26 Å². The molecule has 2 heterocycles. The second-order valence-electron chi connectivity index (χ2n) is 9.87. The molecule has 1 aliphatic rings. The number of nitrogens with zero attached hydrogens (tertiary/aromatic N) is 2. The molecule has 1 fully saturated rings. The number of alkyl carbamates (subject to hydrolysis) is 1. The number of ether oxygens (including phenoxy) is 2. The molecule has 1 aromatic heterocycles. The summed E-state index contributed by atoms with van der Waals surface area (Å²) in [6, 6.07) is 16.4. The summed E-state index contributed by atoms with van der Waals surface area (Å²) >= 11 is 0. The van der Waals surface area contributed by atoms with Crippen LogP contribution >= 0.6 is 0 Å². The van der Waals surface area contributed by atoms with Crippen LogP contribution in [0.5, 0.6) is 0 Å². The number of amides is 2. The van der Waals surface area contributed by atoms with Crippen molar-refractivity contribution in [1.29, 1.82) is 5.26 Å². The maximum Gasteiger partial charge on any atom is 0.475 e. The molecule has 3 N–H and O–H groups in total. The molecule has 208 valence electrons. The number of benzene rings is 2. The maximum atomic E-state index is 13.1. The molecule has 3 aromatic rings. The van der Waals surface area contributed by atoms with Crippen molar-refractivity contribution in [3.63, 3.8) is 0 Å². The Bertz CT molecular complexity index is 1400. The Morgan fingerprint density at radius 2 is 1.95 bits per heavy atom. The van der Waals surface area contributed by atoms with Gasteiger partial charge >= 0.3 is 13.2 Å². The van der Waals surface area contributed by atoms with Crippen molar-refractivity contribution in [1.82, 2.24) is 10.2 Å². The van der Waals surface area contributed by atoms with Gasteiger partial charge in [-0.25, -0.2) is 4.79 Å². The SMILES string of the molecule is C[C@@H]1COC[C@@H](C)N1C(=O)C(C#N)=Cc1cccc(CCOC(=O)NC(Cc2coc3ccccc23)B(O)O)c1. The minimum Gasteiger partial charge on any atom is -0.464 e. The largest absolute Gasteiger partial charge is 0.475 e. The molecule has 0 bridgehead atoms. The Kier molecular flexibility index (Phi) is 9.61. The Morgan fingerprint density at radius 1 is 1.20 bits per heavy atom. The van der Waals surface area contributed by atoms with E-state index in [4.69, 9.17) is 13.9 Å². The van der Waals surface area contributed by atoms with Crippen LogP contribution in [0.1, 0.15) is 30.5 Å². The first-order valence-electron chi connectivity index (χ1n) is 13.1. The molecule has 1 unspecified atom stereocenters. The Hall–Kier alpha value is -4.11. The van der Waals surface area contributed by atoms with Crippen molar-refractivity contribution in [2.24, 2.45) is 0 Å². The van der Waals surface area contributed by atoms with Gasteiger partial charge < -0.3 is 34.2 Å². The molecule has 0 spiro atoms. The molecule has 0 radical (unpaired) electrons. The van der Waals surface area contributed by atoms with Gasteiger partial charge in [-0.05, 0) is 49.1 Å². The van der Waals surface area contributed by atoms with Gasteiger partial charge in [-0.1, -0.05) is 42.5 Å². The molecule has 2 amide bonds. The van der Waals surface area contributed by atoms with E-state index in [0.717, 1.165) is 16.5 Å². The van der Waals surface area contributed by atoms with Crippen molar-refractivity contribution in [2.45, 2.75) is 44.7 Å². The molecule has 1 aliphatic heterocycles. The van der Waals surface area contributed by atoms with Gasteiger partial charge in [-0.15, -0.1) is 0 Å². The molecule has 0 saturated carbocycles. The third-order valence-electron chi connectivity index (χ3n) is 6.80. The lowest BCUT2D eigenvalue weighted by Crippen LogP contribution is -2.52. The number of hydrogen-bond acceptors (Lipinski definition) is 8. The van der Waals surface area contributed by atoms with Crippen LogP contribution in [0.3, 0.4) is 0 Å². The van der Waals surface area contributed by atoms with Crippen molar-refractivity contribution >= 4 is 36.2 Å².